The number of nitrogens with zero attached hydrogens (tertiary/aromatic N) is 1. The number of benzene rings is 2. The molecule has 2 nitrogen and oxygen atoms in total. The third-order valence-corrected chi connectivity index (χ3v) is 4.35. The Morgan fingerprint density at radius 1 is 1.33 bits per heavy atom. The van der Waals surface area contributed by atoms with Gasteiger partial charge in [0.1, 0.15) is 5.82 Å². The first-order valence-electron chi connectivity index (χ1n) is 7.01. The maximum atomic E-state index is 13.9. The zero-order valence-corrected chi connectivity index (χ0v) is 12.6. The number of anilines is 1. The van der Waals surface area contributed by atoms with E-state index in [1.165, 1.54) is 17.3 Å². The molecule has 0 spiro atoms. The number of fused-ring (bicyclic) bond motifs is 1. The highest BCUT2D eigenvalue weighted by Crippen LogP contribution is 2.31. The summed E-state index contributed by atoms with van der Waals surface area (Å²) in [5.41, 5.74) is 3.71. The largest absolute Gasteiger partial charge is 0.388 e. The first kappa shape index (κ1) is 14.4. The van der Waals surface area contributed by atoms with Gasteiger partial charge in [-0.05, 0) is 35.2 Å². The van der Waals surface area contributed by atoms with Crippen LogP contribution in [0.2, 0.25) is 5.02 Å². The maximum absolute atomic E-state index is 13.9. The summed E-state index contributed by atoms with van der Waals surface area (Å²) < 4.78 is 13.9. The van der Waals surface area contributed by atoms with Crippen LogP contribution >= 0.6 is 11.6 Å². The Morgan fingerprint density at radius 3 is 2.95 bits per heavy atom. The molecule has 2 aromatic carbocycles. The molecule has 1 aliphatic rings. The molecule has 1 unspecified atom stereocenters. The molecule has 2 aromatic rings. The molecule has 0 bridgehead atoms. The molecular formula is C17H17ClFNO. The van der Waals surface area contributed by atoms with Crippen molar-refractivity contribution in [3.05, 3.63) is 63.9 Å². The van der Waals surface area contributed by atoms with Crippen LogP contribution in [0.25, 0.3) is 0 Å². The molecule has 110 valence electrons. The van der Waals surface area contributed by atoms with Crippen molar-refractivity contribution in [2.45, 2.75) is 18.9 Å². The van der Waals surface area contributed by atoms with Crippen molar-refractivity contribution in [2.24, 2.45) is 0 Å². The Bertz CT molecular complexity index is 674. The monoisotopic (exact) mass is 305 g/mol. The Kier molecular flexibility index (Phi) is 3.87. The normalized spacial score (nSPS) is 15.1. The highest BCUT2D eigenvalue weighted by molar-refractivity contribution is 6.30. The van der Waals surface area contributed by atoms with Gasteiger partial charge in [0.15, 0.2) is 0 Å². The molecule has 0 saturated carbocycles. The molecule has 0 aliphatic carbocycles. The Labute approximate surface area is 128 Å². The summed E-state index contributed by atoms with van der Waals surface area (Å²) in [5.74, 6) is -0.445. The van der Waals surface area contributed by atoms with Crippen molar-refractivity contribution in [1.29, 1.82) is 0 Å². The molecule has 1 aliphatic heterocycles. The van der Waals surface area contributed by atoms with Gasteiger partial charge in [0, 0.05) is 25.7 Å². The van der Waals surface area contributed by atoms with Crippen LogP contribution in [0.4, 0.5) is 10.1 Å². The Hall–Kier alpha value is -1.58. The van der Waals surface area contributed by atoms with Gasteiger partial charge in [0.2, 0.25) is 0 Å². The number of halogens is 2. The number of hydrogen-bond donors (Lipinski definition) is 1. The molecule has 3 rings (SSSR count). The number of rotatable bonds is 3. The molecular weight excluding hydrogens is 289 g/mol. The van der Waals surface area contributed by atoms with Gasteiger partial charge in [-0.3, -0.25) is 0 Å². The molecule has 0 aromatic heterocycles. The van der Waals surface area contributed by atoms with Gasteiger partial charge in [-0.2, -0.15) is 0 Å². The van der Waals surface area contributed by atoms with Crippen LogP contribution in [-0.4, -0.2) is 18.7 Å². The van der Waals surface area contributed by atoms with Crippen LogP contribution in [0, 0.1) is 5.82 Å². The number of hydrogen-bond acceptors (Lipinski definition) is 2. The van der Waals surface area contributed by atoms with E-state index in [1.54, 1.807) is 12.1 Å². The lowest BCUT2D eigenvalue weighted by atomic mass is 9.98. The molecule has 0 amide bonds. The first-order chi connectivity index (χ1) is 10.1. The predicted octanol–water partition coefficient (Wildman–Crippen LogP) is 3.75. The van der Waals surface area contributed by atoms with Gasteiger partial charge in [0.05, 0.1) is 11.1 Å². The standard InChI is InChI=1S/C17H17ClFNO/c1-20-8-7-11-9-12(5-6-15(11)20)16(21)10-13-3-2-4-14(18)17(13)19/h2-6,9,16,21H,7-8,10H2,1H3. The summed E-state index contributed by atoms with van der Waals surface area (Å²) >= 11 is 5.77. The van der Waals surface area contributed by atoms with E-state index in [4.69, 9.17) is 11.6 Å². The fraction of sp³-hybridized carbons (Fsp3) is 0.294. The fourth-order valence-corrected chi connectivity index (χ4v) is 3.02. The van der Waals surface area contributed by atoms with E-state index in [0.29, 0.717) is 5.56 Å². The summed E-state index contributed by atoms with van der Waals surface area (Å²) in [7, 11) is 2.06. The second kappa shape index (κ2) is 5.66. The number of aliphatic hydroxyl groups is 1. The van der Waals surface area contributed by atoms with Gasteiger partial charge in [-0.15, -0.1) is 0 Å². The van der Waals surface area contributed by atoms with E-state index in [9.17, 15) is 9.50 Å². The molecule has 1 atom stereocenters. The van der Waals surface area contributed by atoms with Gasteiger partial charge in [-0.1, -0.05) is 35.9 Å². The average molecular weight is 306 g/mol. The van der Waals surface area contributed by atoms with Crippen LogP contribution in [0.1, 0.15) is 22.8 Å². The summed E-state index contributed by atoms with van der Waals surface area (Å²) in [6, 6.07) is 10.8. The van der Waals surface area contributed by atoms with Crippen molar-refractivity contribution >= 4 is 17.3 Å². The van der Waals surface area contributed by atoms with Gasteiger partial charge in [-0.25, -0.2) is 4.39 Å². The number of aliphatic hydroxyl groups excluding tert-OH is 1. The second-order valence-electron chi connectivity index (χ2n) is 5.49. The fourth-order valence-electron chi connectivity index (χ4n) is 2.83. The van der Waals surface area contributed by atoms with E-state index in [-0.39, 0.29) is 11.4 Å². The molecule has 0 fully saturated rings. The minimum Gasteiger partial charge on any atom is -0.388 e. The minimum absolute atomic E-state index is 0.0929. The van der Waals surface area contributed by atoms with E-state index in [1.807, 2.05) is 18.2 Å². The van der Waals surface area contributed by atoms with Gasteiger partial charge < -0.3 is 10.0 Å². The lowest BCUT2D eigenvalue weighted by Gasteiger charge is -2.15. The Balaban J connectivity index is 1.83. The molecule has 0 saturated heterocycles. The van der Waals surface area contributed by atoms with E-state index in [2.05, 4.69) is 11.9 Å². The third-order valence-electron chi connectivity index (χ3n) is 4.06. The summed E-state index contributed by atoms with van der Waals surface area (Å²) in [6.45, 7) is 0.998. The zero-order chi connectivity index (χ0) is 15.0. The van der Waals surface area contributed by atoms with Gasteiger partial charge in [0.25, 0.3) is 0 Å². The minimum atomic E-state index is -0.728. The zero-order valence-electron chi connectivity index (χ0n) is 11.8. The second-order valence-corrected chi connectivity index (χ2v) is 5.90. The lowest BCUT2D eigenvalue weighted by molar-refractivity contribution is 0.177. The van der Waals surface area contributed by atoms with Crippen molar-refractivity contribution in [2.75, 3.05) is 18.5 Å². The smallest absolute Gasteiger partial charge is 0.145 e. The average Bonchev–Trinajstić information content (AvgIpc) is 2.85. The SMILES string of the molecule is CN1CCc2cc(C(O)Cc3cccc(Cl)c3F)ccc21. The van der Waals surface area contributed by atoms with Crippen molar-refractivity contribution in [1.82, 2.24) is 0 Å². The molecule has 21 heavy (non-hydrogen) atoms. The lowest BCUT2D eigenvalue weighted by Crippen LogP contribution is -2.12. The van der Waals surface area contributed by atoms with E-state index >= 15 is 0 Å². The maximum Gasteiger partial charge on any atom is 0.145 e. The van der Waals surface area contributed by atoms with Crippen molar-refractivity contribution < 1.29 is 9.50 Å². The van der Waals surface area contributed by atoms with Crippen LogP contribution < -0.4 is 4.90 Å². The van der Waals surface area contributed by atoms with Crippen molar-refractivity contribution in [3.63, 3.8) is 0 Å². The highest BCUT2D eigenvalue weighted by atomic mass is 35.5. The van der Waals surface area contributed by atoms with Gasteiger partial charge >= 0.3 is 0 Å². The van der Waals surface area contributed by atoms with E-state index in [0.717, 1.165) is 18.5 Å². The van der Waals surface area contributed by atoms with Crippen LogP contribution in [-0.2, 0) is 12.8 Å². The van der Waals surface area contributed by atoms with E-state index < -0.39 is 11.9 Å². The van der Waals surface area contributed by atoms with Crippen molar-refractivity contribution in [3.8, 4) is 0 Å². The summed E-state index contributed by atoms with van der Waals surface area (Å²) in [4.78, 5) is 2.20. The number of likely N-dealkylation sites (N-methyl/N-ethyl adjacent to an activating group) is 1. The topological polar surface area (TPSA) is 23.5 Å². The summed E-state index contributed by atoms with van der Waals surface area (Å²) in [6.07, 6.45) is 0.480. The Morgan fingerprint density at radius 2 is 2.14 bits per heavy atom. The molecule has 1 heterocycles. The van der Waals surface area contributed by atoms with Crippen LogP contribution in [0.5, 0.6) is 0 Å². The van der Waals surface area contributed by atoms with Crippen LogP contribution in [0.3, 0.4) is 0 Å². The third kappa shape index (κ3) is 2.76. The molecule has 1 N–H and O–H groups in total. The van der Waals surface area contributed by atoms with Crippen LogP contribution in [0.15, 0.2) is 36.4 Å². The first-order valence-corrected chi connectivity index (χ1v) is 7.39. The predicted molar refractivity (Wildman–Crippen MR) is 83.5 cm³/mol. The highest BCUT2D eigenvalue weighted by Gasteiger charge is 2.19. The molecule has 4 heteroatoms. The quantitative estimate of drug-likeness (QED) is 0.933. The summed E-state index contributed by atoms with van der Waals surface area (Å²) in [5, 5.41) is 10.5. The molecule has 0 radical (unpaired) electrons.